The molecule has 1 heterocycles. The lowest BCUT2D eigenvalue weighted by Crippen LogP contribution is -2.17. The summed E-state index contributed by atoms with van der Waals surface area (Å²) in [6, 6.07) is 8.71. The van der Waals surface area contributed by atoms with Gasteiger partial charge in [0, 0.05) is 0 Å². The number of hydrogen-bond acceptors (Lipinski definition) is 6. The van der Waals surface area contributed by atoms with Crippen molar-refractivity contribution in [3.8, 4) is 0 Å². The highest BCUT2D eigenvalue weighted by Crippen LogP contribution is 2.13. The summed E-state index contributed by atoms with van der Waals surface area (Å²) in [5, 5.41) is 0. The quantitative estimate of drug-likeness (QED) is 0.250. The van der Waals surface area contributed by atoms with Gasteiger partial charge >= 0.3 is 19.3 Å². The maximum absolute atomic E-state index is 10.9. The predicted molar refractivity (Wildman–Crippen MR) is 59.5 cm³/mol. The van der Waals surface area contributed by atoms with Crippen molar-refractivity contribution in [3.05, 3.63) is 42.2 Å². The second kappa shape index (κ2) is 5.18. The van der Waals surface area contributed by atoms with E-state index in [-0.39, 0.29) is 5.57 Å². The molecule has 1 fully saturated rings. The zero-order valence-electron chi connectivity index (χ0n) is 9.07. The smallest absolute Gasteiger partial charge is 0.495 e. The highest BCUT2D eigenvalue weighted by atomic mass is 16.8. The fourth-order valence-electron chi connectivity index (χ4n) is 1.27. The van der Waals surface area contributed by atoms with E-state index in [1.54, 1.807) is 30.3 Å². The van der Waals surface area contributed by atoms with Crippen LogP contribution in [0.15, 0.2) is 36.6 Å². The third-order valence-corrected chi connectivity index (χ3v) is 2.11. The number of benzene rings is 1. The Morgan fingerprint density at radius 1 is 1.11 bits per heavy atom. The van der Waals surface area contributed by atoms with Gasteiger partial charge in [-0.25, -0.2) is 9.59 Å². The Bertz CT molecular complexity index is 494. The van der Waals surface area contributed by atoms with Crippen molar-refractivity contribution in [1.29, 1.82) is 0 Å². The minimum Gasteiger partial charge on any atom is -0.495 e. The molecule has 1 aliphatic heterocycles. The Morgan fingerprint density at radius 2 is 1.72 bits per heavy atom. The van der Waals surface area contributed by atoms with Gasteiger partial charge in [0.05, 0.1) is 11.8 Å². The standard InChI is InChI=1S/C11H7BO6/c13-6-9(8-4-2-1-3-5-8)7-16-12-17-10(14)11(15)18-12/h1-7H/b9-7+. The van der Waals surface area contributed by atoms with Gasteiger partial charge in [-0.2, -0.15) is 0 Å². The number of allylic oxidation sites excluding steroid dienone is 1. The Labute approximate surface area is 102 Å². The minimum absolute atomic E-state index is 0.231. The Balaban J connectivity index is 2.06. The molecular formula is C11H7BO6. The fourth-order valence-corrected chi connectivity index (χ4v) is 1.27. The summed E-state index contributed by atoms with van der Waals surface area (Å²) in [6.07, 6.45) is 1.65. The molecule has 0 aromatic heterocycles. The summed E-state index contributed by atoms with van der Waals surface area (Å²) in [7, 11) is -1.44. The largest absolute Gasteiger partial charge is 0.868 e. The van der Waals surface area contributed by atoms with Gasteiger partial charge < -0.3 is 14.0 Å². The van der Waals surface area contributed by atoms with Crippen molar-refractivity contribution < 1.29 is 28.3 Å². The first-order valence-electron chi connectivity index (χ1n) is 4.98. The van der Waals surface area contributed by atoms with Gasteiger partial charge in [-0.3, -0.25) is 4.79 Å². The number of carbonyl (C=O) groups excluding carboxylic acids is 3. The second-order valence-corrected chi connectivity index (χ2v) is 3.29. The first-order valence-corrected chi connectivity index (χ1v) is 4.98. The molecule has 0 unspecified atom stereocenters. The van der Waals surface area contributed by atoms with Gasteiger partial charge in [-0.05, 0) is 5.56 Å². The predicted octanol–water partition coefficient (Wildman–Crippen LogP) is 0.328. The summed E-state index contributed by atoms with van der Waals surface area (Å²) in [5.74, 6) is -2.25. The highest BCUT2D eigenvalue weighted by molar-refractivity contribution is 6.55. The van der Waals surface area contributed by atoms with Crippen LogP contribution in [0.2, 0.25) is 0 Å². The van der Waals surface area contributed by atoms with Crippen LogP contribution in [-0.2, 0) is 28.3 Å². The van der Waals surface area contributed by atoms with E-state index in [0.29, 0.717) is 11.8 Å². The molecule has 1 aliphatic rings. The van der Waals surface area contributed by atoms with Gasteiger partial charge in [0.1, 0.15) is 0 Å². The number of rotatable bonds is 4. The number of aldehydes is 1. The van der Waals surface area contributed by atoms with Crippen LogP contribution in [-0.4, -0.2) is 25.5 Å². The molecule has 0 spiro atoms. The highest BCUT2D eigenvalue weighted by Gasteiger charge is 2.45. The lowest BCUT2D eigenvalue weighted by Gasteiger charge is -2.02. The molecular weight excluding hydrogens is 239 g/mol. The molecule has 6 nitrogen and oxygen atoms in total. The van der Waals surface area contributed by atoms with E-state index in [1.807, 2.05) is 0 Å². The molecule has 7 heteroatoms. The van der Waals surface area contributed by atoms with E-state index in [0.717, 1.165) is 6.26 Å². The van der Waals surface area contributed by atoms with E-state index in [1.165, 1.54) is 0 Å². The van der Waals surface area contributed by atoms with Gasteiger partial charge in [-0.1, -0.05) is 30.3 Å². The average Bonchev–Trinajstić information content (AvgIpc) is 2.71. The lowest BCUT2D eigenvalue weighted by molar-refractivity contribution is -0.150. The minimum atomic E-state index is -1.44. The van der Waals surface area contributed by atoms with Crippen LogP contribution in [0.4, 0.5) is 0 Å². The van der Waals surface area contributed by atoms with Gasteiger partial charge in [0.2, 0.25) is 0 Å². The maximum atomic E-state index is 10.9. The van der Waals surface area contributed by atoms with Gasteiger partial charge in [0.25, 0.3) is 0 Å². The van der Waals surface area contributed by atoms with Crippen molar-refractivity contribution >= 4 is 31.1 Å². The Morgan fingerprint density at radius 3 is 2.28 bits per heavy atom. The molecule has 0 amide bonds. The van der Waals surface area contributed by atoms with Crippen LogP contribution >= 0.6 is 0 Å². The zero-order chi connectivity index (χ0) is 13.0. The summed E-state index contributed by atoms with van der Waals surface area (Å²) >= 11 is 0. The molecule has 1 aromatic rings. The average molecular weight is 246 g/mol. The molecule has 0 bridgehead atoms. The Hall–Kier alpha value is -2.57. The van der Waals surface area contributed by atoms with Crippen molar-refractivity contribution in [2.24, 2.45) is 0 Å². The molecule has 0 aliphatic carbocycles. The molecule has 0 saturated carbocycles. The van der Waals surface area contributed by atoms with Crippen molar-refractivity contribution in [1.82, 2.24) is 0 Å². The van der Waals surface area contributed by atoms with Crippen molar-refractivity contribution in [3.63, 3.8) is 0 Å². The van der Waals surface area contributed by atoms with Crippen LogP contribution in [0, 0.1) is 0 Å². The summed E-state index contributed by atoms with van der Waals surface area (Å²) in [4.78, 5) is 32.3. The molecule has 0 N–H and O–H groups in total. The molecule has 0 radical (unpaired) electrons. The van der Waals surface area contributed by atoms with E-state index in [4.69, 9.17) is 4.65 Å². The SMILES string of the molecule is O=C/C(=C\OB1OC(=O)C(=O)O1)c1ccccc1. The van der Waals surface area contributed by atoms with Gasteiger partial charge in [-0.15, -0.1) is 0 Å². The van der Waals surface area contributed by atoms with Crippen LogP contribution in [0.1, 0.15) is 5.56 Å². The Kier molecular flexibility index (Phi) is 3.42. The van der Waals surface area contributed by atoms with Crippen LogP contribution in [0.5, 0.6) is 0 Å². The summed E-state index contributed by atoms with van der Waals surface area (Å²) in [6.45, 7) is 0. The molecule has 0 atom stereocenters. The third kappa shape index (κ3) is 2.57. The fraction of sp³-hybridized carbons (Fsp3) is 0. The van der Waals surface area contributed by atoms with Crippen molar-refractivity contribution in [2.45, 2.75) is 0 Å². The third-order valence-electron chi connectivity index (χ3n) is 2.11. The zero-order valence-corrected chi connectivity index (χ0v) is 9.07. The van der Waals surface area contributed by atoms with E-state index >= 15 is 0 Å². The van der Waals surface area contributed by atoms with Crippen molar-refractivity contribution in [2.75, 3.05) is 0 Å². The lowest BCUT2D eigenvalue weighted by atomic mass is 10.1. The summed E-state index contributed by atoms with van der Waals surface area (Å²) < 4.78 is 13.7. The van der Waals surface area contributed by atoms with Crippen LogP contribution < -0.4 is 0 Å². The number of carbonyl (C=O) groups is 3. The number of hydrogen-bond donors (Lipinski definition) is 0. The van der Waals surface area contributed by atoms with Crippen LogP contribution in [0.3, 0.4) is 0 Å². The maximum Gasteiger partial charge on any atom is 0.868 e. The first kappa shape index (κ1) is 11.9. The second-order valence-electron chi connectivity index (χ2n) is 3.29. The monoisotopic (exact) mass is 246 g/mol. The van der Waals surface area contributed by atoms with E-state index in [9.17, 15) is 14.4 Å². The van der Waals surface area contributed by atoms with E-state index in [2.05, 4.69) is 9.31 Å². The molecule has 18 heavy (non-hydrogen) atoms. The molecule has 1 aromatic carbocycles. The molecule has 1 saturated heterocycles. The van der Waals surface area contributed by atoms with E-state index < -0.39 is 19.3 Å². The summed E-state index contributed by atoms with van der Waals surface area (Å²) in [5.41, 5.74) is 0.859. The molecule has 2 rings (SSSR count). The first-order chi connectivity index (χ1) is 8.70. The topological polar surface area (TPSA) is 78.9 Å². The normalized spacial score (nSPS) is 15.1. The van der Waals surface area contributed by atoms with Gasteiger partial charge in [0.15, 0.2) is 6.29 Å². The van der Waals surface area contributed by atoms with Crippen LogP contribution in [0.25, 0.3) is 5.57 Å². The molecule has 90 valence electrons.